The molecule has 0 radical (unpaired) electrons. The van der Waals surface area contributed by atoms with Crippen LogP contribution in [0.4, 0.5) is 4.39 Å². The van der Waals surface area contributed by atoms with Gasteiger partial charge in [0.15, 0.2) is 0 Å². The smallest absolute Gasteiger partial charge is 0.138 e. The van der Waals surface area contributed by atoms with Crippen LogP contribution in [0.25, 0.3) is 0 Å². The summed E-state index contributed by atoms with van der Waals surface area (Å²) in [6.07, 6.45) is 0.875. The summed E-state index contributed by atoms with van der Waals surface area (Å²) >= 11 is 0. The normalized spacial score (nSPS) is 24.6. The molecule has 0 aliphatic carbocycles. The van der Waals surface area contributed by atoms with Crippen LogP contribution in [-0.4, -0.2) is 25.4 Å². The molecule has 17 heavy (non-hydrogen) atoms. The third-order valence-electron chi connectivity index (χ3n) is 3.04. The highest BCUT2D eigenvalue weighted by Gasteiger charge is 2.26. The number of nitrogens with two attached hydrogens (primary N) is 1. The van der Waals surface area contributed by atoms with E-state index in [0.29, 0.717) is 0 Å². The standard InChI is InChI=1S/C12H16FN3O/c13-9-1-2-10(8(5-9)6-14)12-11(7-17)15-3-4-16-12/h1-2,5,7,11-12,15-16H,3-4,6,14H2. The number of carbonyl (C=O) groups excluding carboxylic acids is 1. The minimum absolute atomic E-state index is 0.139. The molecule has 2 unspecified atom stereocenters. The summed E-state index contributed by atoms with van der Waals surface area (Å²) in [5, 5.41) is 6.38. The Balaban J connectivity index is 2.33. The van der Waals surface area contributed by atoms with Gasteiger partial charge in [0, 0.05) is 19.6 Å². The first-order chi connectivity index (χ1) is 8.26. The molecule has 0 amide bonds. The van der Waals surface area contributed by atoms with E-state index in [1.165, 1.54) is 12.1 Å². The highest BCUT2D eigenvalue weighted by atomic mass is 19.1. The first kappa shape index (κ1) is 12.2. The number of hydrogen-bond donors (Lipinski definition) is 3. The zero-order valence-electron chi connectivity index (χ0n) is 9.45. The summed E-state index contributed by atoms with van der Waals surface area (Å²) in [5.74, 6) is -0.305. The van der Waals surface area contributed by atoms with Crippen LogP contribution < -0.4 is 16.4 Å². The second-order valence-corrected chi connectivity index (χ2v) is 4.10. The summed E-state index contributed by atoms with van der Waals surface area (Å²) in [4.78, 5) is 11.0. The Bertz CT molecular complexity index is 411. The van der Waals surface area contributed by atoms with Gasteiger partial charge in [-0.25, -0.2) is 4.39 Å². The molecule has 1 saturated heterocycles. The molecule has 5 heteroatoms. The summed E-state index contributed by atoms with van der Waals surface area (Å²) in [6, 6.07) is 4.08. The molecular formula is C12H16FN3O. The van der Waals surface area contributed by atoms with Gasteiger partial charge in [-0.15, -0.1) is 0 Å². The summed E-state index contributed by atoms with van der Waals surface area (Å²) in [5.41, 5.74) is 7.23. The van der Waals surface area contributed by atoms with Crippen LogP contribution >= 0.6 is 0 Å². The third-order valence-corrected chi connectivity index (χ3v) is 3.04. The predicted octanol–water partition coefficient (Wildman–Crippen LogP) is 0.0858. The third kappa shape index (κ3) is 2.52. The fourth-order valence-corrected chi connectivity index (χ4v) is 2.20. The lowest BCUT2D eigenvalue weighted by Gasteiger charge is -2.31. The van der Waals surface area contributed by atoms with Gasteiger partial charge in [-0.05, 0) is 23.3 Å². The second-order valence-electron chi connectivity index (χ2n) is 4.10. The van der Waals surface area contributed by atoms with E-state index in [9.17, 15) is 9.18 Å². The molecule has 0 spiro atoms. The van der Waals surface area contributed by atoms with Gasteiger partial charge in [0.1, 0.15) is 12.1 Å². The number of rotatable bonds is 3. The molecule has 1 aromatic rings. The van der Waals surface area contributed by atoms with Crippen molar-refractivity contribution >= 4 is 6.29 Å². The zero-order chi connectivity index (χ0) is 12.3. The van der Waals surface area contributed by atoms with Crippen LogP contribution in [0.1, 0.15) is 17.2 Å². The monoisotopic (exact) mass is 237 g/mol. The summed E-state index contributed by atoms with van der Waals surface area (Å²) < 4.78 is 13.1. The van der Waals surface area contributed by atoms with Gasteiger partial charge in [-0.1, -0.05) is 6.07 Å². The fraction of sp³-hybridized carbons (Fsp3) is 0.417. The van der Waals surface area contributed by atoms with Crippen molar-refractivity contribution in [3.63, 3.8) is 0 Å². The molecule has 0 bridgehead atoms. The van der Waals surface area contributed by atoms with Gasteiger partial charge in [-0.2, -0.15) is 0 Å². The number of benzene rings is 1. The Labute approximate surface area is 99.4 Å². The van der Waals surface area contributed by atoms with Crippen LogP contribution in [-0.2, 0) is 11.3 Å². The number of piperazine rings is 1. The minimum atomic E-state index is -0.305. The molecule has 1 aliphatic rings. The van der Waals surface area contributed by atoms with E-state index in [1.54, 1.807) is 6.07 Å². The number of carbonyl (C=O) groups is 1. The van der Waals surface area contributed by atoms with Crippen molar-refractivity contribution in [2.45, 2.75) is 18.6 Å². The lowest BCUT2D eigenvalue weighted by molar-refractivity contribution is -0.110. The van der Waals surface area contributed by atoms with Gasteiger partial charge in [0.25, 0.3) is 0 Å². The van der Waals surface area contributed by atoms with Crippen molar-refractivity contribution in [2.24, 2.45) is 5.73 Å². The maximum absolute atomic E-state index is 13.1. The molecule has 1 heterocycles. The predicted molar refractivity (Wildman–Crippen MR) is 62.9 cm³/mol. The highest BCUT2D eigenvalue weighted by molar-refractivity contribution is 5.60. The lowest BCUT2D eigenvalue weighted by atomic mass is 9.93. The Morgan fingerprint density at radius 2 is 2.18 bits per heavy atom. The van der Waals surface area contributed by atoms with Crippen LogP contribution in [0, 0.1) is 5.82 Å². The molecule has 0 saturated carbocycles. The van der Waals surface area contributed by atoms with Crippen LogP contribution in [0.15, 0.2) is 18.2 Å². The highest BCUT2D eigenvalue weighted by Crippen LogP contribution is 2.22. The molecule has 0 aromatic heterocycles. The van der Waals surface area contributed by atoms with Crippen LogP contribution in [0.2, 0.25) is 0 Å². The van der Waals surface area contributed by atoms with Gasteiger partial charge >= 0.3 is 0 Å². The molecule has 2 atom stereocenters. The fourth-order valence-electron chi connectivity index (χ4n) is 2.20. The van der Waals surface area contributed by atoms with Crippen molar-refractivity contribution in [2.75, 3.05) is 13.1 Å². The second kappa shape index (κ2) is 5.35. The Kier molecular flexibility index (Phi) is 3.83. The van der Waals surface area contributed by atoms with Gasteiger partial charge < -0.3 is 21.2 Å². The average molecular weight is 237 g/mol. The largest absolute Gasteiger partial charge is 0.326 e. The topological polar surface area (TPSA) is 67.2 Å². The molecule has 4 N–H and O–H groups in total. The SMILES string of the molecule is NCc1cc(F)ccc1C1NCCNC1C=O. The number of nitrogens with one attached hydrogen (secondary N) is 2. The number of halogens is 1. The quantitative estimate of drug-likeness (QED) is 0.652. The molecule has 4 nitrogen and oxygen atoms in total. The van der Waals surface area contributed by atoms with Crippen molar-refractivity contribution in [1.82, 2.24) is 10.6 Å². The van der Waals surface area contributed by atoms with E-state index < -0.39 is 0 Å². The Hall–Kier alpha value is -1.30. The first-order valence-electron chi connectivity index (χ1n) is 5.66. The zero-order valence-corrected chi connectivity index (χ0v) is 9.45. The maximum Gasteiger partial charge on any atom is 0.138 e. The van der Waals surface area contributed by atoms with Gasteiger partial charge in [0.05, 0.1) is 12.1 Å². The van der Waals surface area contributed by atoms with E-state index in [-0.39, 0.29) is 24.4 Å². The molecular weight excluding hydrogens is 221 g/mol. The molecule has 92 valence electrons. The van der Waals surface area contributed by atoms with Crippen LogP contribution in [0.5, 0.6) is 0 Å². The van der Waals surface area contributed by atoms with Gasteiger partial charge in [0.2, 0.25) is 0 Å². The van der Waals surface area contributed by atoms with E-state index in [2.05, 4.69) is 10.6 Å². The van der Waals surface area contributed by atoms with Crippen LogP contribution in [0.3, 0.4) is 0 Å². The van der Waals surface area contributed by atoms with E-state index >= 15 is 0 Å². The number of aldehydes is 1. The van der Waals surface area contributed by atoms with Crippen molar-refractivity contribution < 1.29 is 9.18 Å². The molecule has 1 aromatic carbocycles. The summed E-state index contributed by atoms with van der Waals surface area (Å²) in [6.45, 7) is 1.78. The lowest BCUT2D eigenvalue weighted by Crippen LogP contribution is -2.51. The maximum atomic E-state index is 13.1. The summed E-state index contributed by atoms with van der Waals surface area (Å²) in [7, 11) is 0. The average Bonchev–Trinajstić information content (AvgIpc) is 2.38. The van der Waals surface area contributed by atoms with Crippen molar-refractivity contribution in [3.8, 4) is 0 Å². The van der Waals surface area contributed by atoms with E-state index in [4.69, 9.17) is 5.73 Å². The molecule has 1 aliphatic heterocycles. The van der Waals surface area contributed by atoms with Gasteiger partial charge in [-0.3, -0.25) is 0 Å². The van der Waals surface area contributed by atoms with E-state index in [0.717, 1.165) is 30.5 Å². The minimum Gasteiger partial charge on any atom is -0.326 e. The molecule has 2 rings (SSSR count). The van der Waals surface area contributed by atoms with Crippen molar-refractivity contribution in [3.05, 3.63) is 35.1 Å². The number of hydrogen-bond acceptors (Lipinski definition) is 4. The Morgan fingerprint density at radius 1 is 1.41 bits per heavy atom. The van der Waals surface area contributed by atoms with Crippen molar-refractivity contribution in [1.29, 1.82) is 0 Å². The molecule has 1 fully saturated rings. The Morgan fingerprint density at radius 3 is 2.88 bits per heavy atom. The van der Waals surface area contributed by atoms with E-state index in [1.807, 2.05) is 0 Å². The first-order valence-corrected chi connectivity index (χ1v) is 5.66.